The van der Waals surface area contributed by atoms with Crippen LogP contribution >= 0.6 is 0 Å². The maximum atomic E-state index is 12.8. The number of aromatic nitrogens is 1. The van der Waals surface area contributed by atoms with Crippen LogP contribution in [0, 0.1) is 5.92 Å². The molecule has 1 N–H and O–H groups in total. The SMILES string of the molecule is CCN(CC)CCN(CC(C)C)C(=O)NCc1cccc(OCc2ccccn2)c1. The van der Waals surface area contributed by atoms with Crippen molar-refractivity contribution in [1.82, 2.24) is 20.1 Å². The average molecular weight is 413 g/mol. The predicted molar refractivity (Wildman–Crippen MR) is 121 cm³/mol. The number of hydrogen-bond acceptors (Lipinski definition) is 4. The first-order valence-electron chi connectivity index (χ1n) is 10.9. The number of nitrogens with one attached hydrogen (secondary N) is 1. The smallest absolute Gasteiger partial charge is 0.317 e. The molecule has 0 atom stereocenters. The van der Waals surface area contributed by atoms with Crippen LogP contribution in [0.25, 0.3) is 0 Å². The molecule has 0 bridgehead atoms. The van der Waals surface area contributed by atoms with Crippen LogP contribution in [0.2, 0.25) is 0 Å². The van der Waals surface area contributed by atoms with E-state index in [0.717, 1.165) is 49.7 Å². The summed E-state index contributed by atoms with van der Waals surface area (Å²) in [5, 5.41) is 3.07. The molecule has 0 radical (unpaired) electrons. The lowest BCUT2D eigenvalue weighted by molar-refractivity contribution is 0.177. The Morgan fingerprint density at radius 1 is 1.10 bits per heavy atom. The van der Waals surface area contributed by atoms with Gasteiger partial charge in [-0.3, -0.25) is 4.98 Å². The Bertz CT molecular complexity index is 748. The number of urea groups is 1. The minimum Gasteiger partial charge on any atom is -0.487 e. The number of carbonyl (C=O) groups excluding carboxylic acids is 1. The fourth-order valence-electron chi connectivity index (χ4n) is 3.19. The number of pyridine rings is 1. The number of ether oxygens (including phenoxy) is 1. The topological polar surface area (TPSA) is 57.7 Å². The van der Waals surface area contributed by atoms with Gasteiger partial charge in [0.05, 0.1) is 5.69 Å². The van der Waals surface area contributed by atoms with E-state index < -0.39 is 0 Å². The highest BCUT2D eigenvalue weighted by Gasteiger charge is 2.15. The van der Waals surface area contributed by atoms with Crippen molar-refractivity contribution in [3.05, 3.63) is 59.9 Å². The van der Waals surface area contributed by atoms with Crippen LogP contribution in [0.4, 0.5) is 4.79 Å². The van der Waals surface area contributed by atoms with Crippen LogP contribution in [0.3, 0.4) is 0 Å². The first-order chi connectivity index (χ1) is 14.5. The molecule has 0 spiro atoms. The van der Waals surface area contributed by atoms with Crippen molar-refractivity contribution in [1.29, 1.82) is 0 Å². The molecule has 2 rings (SSSR count). The number of likely N-dealkylation sites (N-methyl/N-ethyl adjacent to an activating group) is 1. The van der Waals surface area contributed by atoms with Gasteiger partial charge in [0.2, 0.25) is 0 Å². The van der Waals surface area contributed by atoms with E-state index in [1.54, 1.807) is 6.20 Å². The van der Waals surface area contributed by atoms with E-state index in [4.69, 9.17) is 4.74 Å². The lowest BCUT2D eigenvalue weighted by atomic mass is 10.2. The second-order valence-corrected chi connectivity index (χ2v) is 7.78. The molecule has 1 heterocycles. The second-order valence-electron chi connectivity index (χ2n) is 7.78. The molecule has 0 saturated carbocycles. The van der Waals surface area contributed by atoms with Gasteiger partial charge in [-0.15, -0.1) is 0 Å². The van der Waals surface area contributed by atoms with Gasteiger partial charge in [0.15, 0.2) is 0 Å². The monoisotopic (exact) mass is 412 g/mol. The lowest BCUT2D eigenvalue weighted by Gasteiger charge is -2.28. The standard InChI is InChI=1S/C24H36N4O2/c1-5-27(6-2)14-15-28(18-20(3)4)24(29)26-17-21-10-9-12-23(16-21)30-19-22-11-7-8-13-25-22/h7-13,16,20H,5-6,14-15,17-19H2,1-4H3,(H,26,29). The summed E-state index contributed by atoms with van der Waals surface area (Å²) >= 11 is 0. The molecule has 164 valence electrons. The van der Waals surface area contributed by atoms with Gasteiger partial charge >= 0.3 is 6.03 Å². The van der Waals surface area contributed by atoms with Crippen LogP contribution in [0.5, 0.6) is 5.75 Å². The first-order valence-corrected chi connectivity index (χ1v) is 10.9. The second kappa shape index (κ2) is 12.9. The van der Waals surface area contributed by atoms with Crippen molar-refractivity contribution in [3.8, 4) is 5.75 Å². The third kappa shape index (κ3) is 8.41. The van der Waals surface area contributed by atoms with Gasteiger partial charge in [0.25, 0.3) is 0 Å². The summed E-state index contributed by atoms with van der Waals surface area (Å²) in [7, 11) is 0. The molecule has 0 saturated heterocycles. The molecule has 0 aliphatic carbocycles. The Labute approximate surface area is 181 Å². The lowest BCUT2D eigenvalue weighted by Crippen LogP contribution is -2.45. The van der Waals surface area contributed by atoms with Crippen LogP contribution in [0.15, 0.2) is 48.7 Å². The van der Waals surface area contributed by atoms with E-state index in [9.17, 15) is 4.79 Å². The van der Waals surface area contributed by atoms with Crippen molar-refractivity contribution in [2.45, 2.75) is 40.8 Å². The zero-order chi connectivity index (χ0) is 21.8. The first kappa shape index (κ1) is 23.7. The summed E-state index contributed by atoms with van der Waals surface area (Å²) in [4.78, 5) is 21.3. The molecule has 0 unspecified atom stereocenters. The van der Waals surface area contributed by atoms with E-state index in [1.807, 2.05) is 47.4 Å². The summed E-state index contributed by atoms with van der Waals surface area (Å²) in [5.74, 6) is 1.20. The van der Waals surface area contributed by atoms with Gasteiger partial charge < -0.3 is 19.9 Å². The normalized spacial score (nSPS) is 11.0. The molecule has 1 aromatic carbocycles. The van der Waals surface area contributed by atoms with Gasteiger partial charge in [-0.1, -0.05) is 45.9 Å². The molecule has 2 aromatic rings. The molecule has 6 nitrogen and oxygen atoms in total. The number of rotatable bonds is 12. The van der Waals surface area contributed by atoms with Gasteiger partial charge in [0.1, 0.15) is 12.4 Å². The Morgan fingerprint density at radius 2 is 1.90 bits per heavy atom. The molecular formula is C24H36N4O2. The summed E-state index contributed by atoms with van der Waals surface area (Å²) in [6.45, 7) is 13.9. The number of nitrogens with zero attached hydrogens (tertiary/aromatic N) is 3. The Kier molecular flexibility index (Phi) is 10.1. The van der Waals surface area contributed by atoms with Gasteiger partial charge in [-0.2, -0.15) is 0 Å². The molecule has 6 heteroatoms. The average Bonchev–Trinajstić information content (AvgIpc) is 2.76. The van der Waals surface area contributed by atoms with Crippen molar-refractivity contribution in [2.75, 3.05) is 32.7 Å². The summed E-state index contributed by atoms with van der Waals surface area (Å²) in [6, 6.07) is 13.6. The van der Waals surface area contributed by atoms with E-state index >= 15 is 0 Å². The minimum absolute atomic E-state index is 0.0179. The highest BCUT2D eigenvalue weighted by atomic mass is 16.5. The number of carbonyl (C=O) groups is 1. The molecule has 0 fully saturated rings. The predicted octanol–water partition coefficient (Wildman–Crippen LogP) is 4.17. The molecule has 0 aliphatic rings. The van der Waals surface area contributed by atoms with Crippen molar-refractivity contribution in [2.24, 2.45) is 5.92 Å². The Hall–Kier alpha value is -2.60. The summed E-state index contributed by atoms with van der Waals surface area (Å²) < 4.78 is 5.84. The number of benzene rings is 1. The number of hydrogen-bond donors (Lipinski definition) is 1. The molecule has 30 heavy (non-hydrogen) atoms. The molecule has 2 amide bonds. The molecule has 1 aromatic heterocycles. The third-order valence-corrected chi connectivity index (χ3v) is 4.91. The minimum atomic E-state index is -0.0179. The van der Waals surface area contributed by atoms with Crippen LogP contribution in [-0.2, 0) is 13.2 Å². The van der Waals surface area contributed by atoms with Crippen LogP contribution in [-0.4, -0.2) is 53.5 Å². The quantitative estimate of drug-likeness (QED) is 0.568. The maximum Gasteiger partial charge on any atom is 0.317 e. The van der Waals surface area contributed by atoms with Crippen molar-refractivity contribution < 1.29 is 9.53 Å². The Balaban J connectivity index is 1.89. The zero-order valence-corrected chi connectivity index (χ0v) is 18.8. The molecular weight excluding hydrogens is 376 g/mol. The van der Waals surface area contributed by atoms with E-state index in [2.05, 4.69) is 42.9 Å². The fourth-order valence-corrected chi connectivity index (χ4v) is 3.19. The van der Waals surface area contributed by atoms with Crippen molar-refractivity contribution >= 4 is 6.03 Å². The van der Waals surface area contributed by atoms with E-state index in [0.29, 0.717) is 19.1 Å². The summed E-state index contributed by atoms with van der Waals surface area (Å²) in [6.07, 6.45) is 1.76. The van der Waals surface area contributed by atoms with Crippen LogP contribution < -0.4 is 10.1 Å². The van der Waals surface area contributed by atoms with Crippen LogP contribution in [0.1, 0.15) is 39.0 Å². The largest absolute Gasteiger partial charge is 0.487 e. The number of amides is 2. The fraction of sp³-hybridized carbons (Fsp3) is 0.500. The van der Waals surface area contributed by atoms with Gasteiger partial charge in [-0.25, -0.2) is 4.79 Å². The third-order valence-electron chi connectivity index (χ3n) is 4.91. The highest BCUT2D eigenvalue weighted by molar-refractivity contribution is 5.74. The molecule has 0 aliphatic heterocycles. The highest BCUT2D eigenvalue weighted by Crippen LogP contribution is 2.15. The maximum absolute atomic E-state index is 12.8. The zero-order valence-electron chi connectivity index (χ0n) is 18.8. The Morgan fingerprint density at radius 3 is 2.57 bits per heavy atom. The summed E-state index contributed by atoms with van der Waals surface area (Å²) in [5.41, 5.74) is 1.89. The van der Waals surface area contributed by atoms with Gasteiger partial charge in [0, 0.05) is 32.4 Å². The van der Waals surface area contributed by atoms with E-state index in [-0.39, 0.29) is 6.03 Å². The van der Waals surface area contributed by atoms with Gasteiger partial charge in [-0.05, 0) is 48.8 Å². The van der Waals surface area contributed by atoms with E-state index in [1.165, 1.54) is 0 Å². The van der Waals surface area contributed by atoms with Crippen molar-refractivity contribution in [3.63, 3.8) is 0 Å².